The maximum Gasteiger partial charge on any atom is 0.273 e. The minimum absolute atomic E-state index is 0.0676. The Hall–Kier alpha value is -1.82. The molecule has 1 saturated carbocycles. The molecule has 1 aliphatic carbocycles. The predicted molar refractivity (Wildman–Crippen MR) is 69.9 cm³/mol. The van der Waals surface area contributed by atoms with E-state index in [1.165, 1.54) is 12.1 Å². The number of nitrogens with one attached hydrogen (secondary N) is 2. The Balaban J connectivity index is 2.02. The quantitative estimate of drug-likeness (QED) is 0.549. The van der Waals surface area contributed by atoms with Crippen molar-refractivity contribution in [3.63, 3.8) is 0 Å². The molecule has 0 aliphatic heterocycles. The molecule has 0 heterocycles. The fourth-order valence-corrected chi connectivity index (χ4v) is 2.09. The SMILES string of the molecule is CNc1cc(NCC2CC(O)C2)cc([N+](=O)[O-])c1. The summed E-state index contributed by atoms with van der Waals surface area (Å²) < 4.78 is 0. The lowest BCUT2D eigenvalue weighted by Gasteiger charge is -2.31. The summed E-state index contributed by atoms with van der Waals surface area (Å²) in [5.74, 6) is 0.456. The zero-order valence-electron chi connectivity index (χ0n) is 10.2. The van der Waals surface area contributed by atoms with Crippen LogP contribution in [0.5, 0.6) is 0 Å². The summed E-state index contributed by atoms with van der Waals surface area (Å²) in [7, 11) is 1.73. The number of hydrogen-bond donors (Lipinski definition) is 3. The number of anilines is 2. The van der Waals surface area contributed by atoms with E-state index >= 15 is 0 Å². The average Bonchev–Trinajstić information content (AvgIpc) is 2.32. The Morgan fingerprint density at radius 1 is 1.39 bits per heavy atom. The van der Waals surface area contributed by atoms with E-state index in [1.807, 2.05) is 6.07 Å². The first-order valence-electron chi connectivity index (χ1n) is 5.97. The summed E-state index contributed by atoms with van der Waals surface area (Å²) in [5, 5.41) is 26.1. The fraction of sp³-hybridized carbons (Fsp3) is 0.500. The first kappa shape index (κ1) is 12.6. The highest BCUT2D eigenvalue weighted by molar-refractivity contribution is 5.63. The van der Waals surface area contributed by atoms with Crippen molar-refractivity contribution in [3.8, 4) is 0 Å². The third-order valence-corrected chi connectivity index (χ3v) is 3.22. The standard InChI is InChI=1S/C12H17N3O3/c1-13-9-4-10(6-11(5-9)15(17)18)14-7-8-2-12(16)3-8/h4-6,8,12-14,16H,2-3,7H2,1H3. The van der Waals surface area contributed by atoms with Crippen LogP contribution in [0.3, 0.4) is 0 Å². The molecule has 2 rings (SSSR count). The predicted octanol–water partition coefficient (Wildman–Crippen LogP) is 1.82. The number of nitro benzene ring substituents is 1. The molecular weight excluding hydrogens is 234 g/mol. The van der Waals surface area contributed by atoms with Crippen molar-refractivity contribution in [2.45, 2.75) is 18.9 Å². The van der Waals surface area contributed by atoms with Crippen LogP contribution in [-0.4, -0.2) is 29.7 Å². The molecule has 6 nitrogen and oxygen atoms in total. The first-order valence-corrected chi connectivity index (χ1v) is 5.97. The van der Waals surface area contributed by atoms with Crippen LogP contribution in [0.15, 0.2) is 18.2 Å². The van der Waals surface area contributed by atoms with Crippen LogP contribution in [-0.2, 0) is 0 Å². The van der Waals surface area contributed by atoms with Gasteiger partial charge in [-0.25, -0.2) is 0 Å². The molecule has 1 aliphatic rings. The molecule has 0 atom stereocenters. The number of benzene rings is 1. The summed E-state index contributed by atoms with van der Waals surface area (Å²) in [6.45, 7) is 0.737. The van der Waals surface area contributed by atoms with Crippen LogP contribution < -0.4 is 10.6 Å². The maximum atomic E-state index is 10.8. The number of nitrogens with zero attached hydrogens (tertiary/aromatic N) is 1. The molecule has 1 aromatic carbocycles. The van der Waals surface area contributed by atoms with Gasteiger partial charge in [0.15, 0.2) is 0 Å². The summed E-state index contributed by atoms with van der Waals surface area (Å²) in [6, 6.07) is 4.86. The molecule has 0 radical (unpaired) electrons. The van der Waals surface area contributed by atoms with Gasteiger partial charge >= 0.3 is 0 Å². The molecule has 98 valence electrons. The lowest BCUT2D eigenvalue weighted by atomic mass is 9.82. The first-order chi connectivity index (χ1) is 8.58. The zero-order chi connectivity index (χ0) is 13.1. The van der Waals surface area contributed by atoms with Crippen LogP contribution >= 0.6 is 0 Å². The second-order valence-electron chi connectivity index (χ2n) is 4.65. The van der Waals surface area contributed by atoms with Crippen LogP contribution in [0, 0.1) is 16.0 Å². The van der Waals surface area contributed by atoms with Crippen molar-refractivity contribution < 1.29 is 10.0 Å². The molecule has 0 unspecified atom stereocenters. The second-order valence-corrected chi connectivity index (χ2v) is 4.65. The van der Waals surface area contributed by atoms with Crippen molar-refractivity contribution in [1.29, 1.82) is 0 Å². The van der Waals surface area contributed by atoms with E-state index in [9.17, 15) is 15.2 Å². The van der Waals surface area contributed by atoms with E-state index in [1.54, 1.807) is 7.05 Å². The molecule has 0 aromatic heterocycles. The van der Waals surface area contributed by atoms with Crippen molar-refractivity contribution in [3.05, 3.63) is 28.3 Å². The Bertz CT molecular complexity index is 444. The van der Waals surface area contributed by atoms with Crippen molar-refractivity contribution in [1.82, 2.24) is 0 Å². The molecule has 3 N–H and O–H groups in total. The minimum atomic E-state index is -0.404. The molecule has 1 fully saturated rings. The molecule has 18 heavy (non-hydrogen) atoms. The smallest absolute Gasteiger partial charge is 0.273 e. The summed E-state index contributed by atoms with van der Waals surface area (Å²) in [4.78, 5) is 10.4. The third-order valence-electron chi connectivity index (χ3n) is 3.22. The van der Waals surface area contributed by atoms with Gasteiger partial charge in [0, 0.05) is 37.1 Å². The van der Waals surface area contributed by atoms with Gasteiger partial charge in [0.1, 0.15) is 0 Å². The monoisotopic (exact) mass is 251 g/mol. The lowest BCUT2D eigenvalue weighted by Crippen LogP contribution is -2.33. The fourth-order valence-electron chi connectivity index (χ4n) is 2.09. The molecular formula is C12H17N3O3. The maximum absolute atomic E-state index is 10.8. The van der Waals surface area contributed by atoms with Crippen molar-refractivity contribution in [2.75, 3.05) is 24.2 Å². The van der Waals surface area contributed by atoms with Crippen LogP contribution in [0.25, 0.3) is 0 Å². The topological polar surface area (TPSA) is 87.4 Å². The van der Waals surface area contributed by atoms with Gasteiger partial charge in [0.05, 0.1) is 11.0 Å². The summed E-state index contributed by atoms with van der Waals surface area (Å²) in [6.07, 6.45) is 1.44. The number of non-ortho nitro benzene ring substituents is 1. The number of hydrogen-bond acceptors (Lipinski definition) is 5. The molecule has 6 heteroatoms. The number of aliphatic hydroxyl groups is 1. The van der Waals surface area contributed by atoms with Gasteiger partial charge in [0.2, 0.25) is 0 Å². The molecule has 0 bridgehead atoms. The molecule has 1 aromatic rings. The van der Waals surface area contributed by atoms with Gasteiger partial charge in [0.25, 0.3) is 5.69 Å². The highest BCUT2D eigenvalue weighted by Gasteiger charge is 2.26. The highest BCUT2D eigenvalue weighted by atomic mass is 16.6. The van der Waals surface area contributed by atoms with Gasteiger partial charge < -0.3 is 15.7 Å². The van der Waals surface area contributed by atoms with Crippen LogP contribution in [0.2, 0.25) is 0 Å². The van der Waals surface area contributed by atoms with E-state index in [0.717, 1.165) is 25.1 Å². The third kappa shape index (κ3) is 2.89. The van der Waals surface area contributed by atoms with E-state index in [2.05, 4.69) is 10.6 Å². The lowest BCUT2D eigenvalue weighted by molar-refractivity contribution is -0.384. The largest absolute Gasteiger partial charge is 0.393 e. The van der Waals surface area contributed by atoms with Crippen LogP contribution in [0.4, 0.5) is 17.1 Å². The van der Waals surface area contributed by atoms with Crippen molar-refractivity contribution >= 4 is 17.1 Å². The highest BCUT2D eigenvalue weighted by Crippen LogP contribution is 2.29. The minimum Gasteiger partial charge on any atom is -0.393 e. The van der Waals surface area contributed by atoms with Crippen molar-refractivity contribution in [2.24, 2.45) is 5.92 Å². The average molecular weight is 251 g/mol. The number of nitro groups is 1. The Kier molecular flexibility index (Phi) is 3.66. The normalized spacial score (nSPS) is 22.1. The summed E-state index contributed by atoms with van der Waals surface area (Å²) >= 11 is 0. The Morgan fingerprint density at radius 2 is 2.06 bits per heavy atom. The second kappa shape index (κ2) is 5.22. The van der Waals surface area contributed by atoms with Gasteiger partial charge in [-0.15, -0.1) is 0 Å². The number of rotatable bonds is 5. The molecule has 0 saturated heterocycles. The number of aliphatic hydroxyl groups excluding tert-OH is 1. The Labute approximate surface area is 105 Å². The van der Waals surface area contributed by atoms with Gasteiger partial charge in [-0.05, 0) is 24.8 Å². The van der Waals surface area contributed by atoms with E-state index in [-0.39, 0.29) is 11.8 Å². The van der Waals surface area contributed by atoms with E-state index in [0.29, 0.717) is 11.6 Å². The molecule has 0 spiro atoms. The van der Waals surface area contributed by atoms with Gasteiger partial charge in [-0.1, -0.05) is 0 Å². The van der Waals surface area contributed by atoms with E-state index < -0.39 is 4.92 Å². The van der Waals surface area contributed by atoms with Gasteiger partial charge in [-0.3, -0.25) is 10.1 Å². The summed E-state index contributed by atoms with van der Waals surface area (Å²) in [5.41, 5.74) is 1.51. The van der Waals surface area contributed by atoms with Crippen LogP contribution in [0.1, 0.15) is 12.8 Å². The zero-order valence-corrected chi connectivity index (χ0v) is 10.2. The van der Waals surface area contributed by atoms with Gasteiger partial charge in [-0.2, -0.15) is 0 Å². The molecule has 0 amide bonds. The Morgan fingerprint density at radius 3 is 2.61 bits per heavy atom. The van der Waals surface area contributed by atoms with E-state index in [4.69, 9.17) is 0 Å².